The minimum Gasteiger partial charge on any atom is -0.457 e. The predicted molar refractivity (Wildman–Crippen MR) is 140 cm³/mol. The molecule has 5 atom stereocenters. The minimum atomic E-state index is -4.14. The molecule has 1 aliphatic heterocycles. The van der Waals surface area contributed by atoms with Gasteiger partial charge in [-0.1, -0.05) is 35.9 Å². The number of esters is 1. The molecule has 37 heavy (non-hydrogen) atoms. The highest BCUT2D eigenvalue weighted by Crippen LogP contribution is 2.37. The lowest BCUT2D eigenvalue weighted by Crippen LogP contribution is -2.61. The van der Waals surface area contributed by atoms with Crippen LogP contribution in [-0.4, -0.2) is 61.6 Å². The summed E-state index contributed by atoms with van der Waals surface area (Å²) >= 11 is 2.13. The second-order valence-electron chi connectivity index (χ2n) is 9.40. The molecule has 3 rings (SSSR count). The number of aliphatic hydroxyl groups is 1. The van der Waals surface area contributed by atoms with E-state index in [-0.39, 0.29) is 9.64 Å². The topological polar surface area (TPSA) is 118 Å². The first kappa shape index (κ1) is 29.9. The van der Waals surface area contributed by atoms with Crippen LogP contribution in [0.5, 0.6) is 0 Å². The summed E-state index contributed by atoms with van der Waals surface area (Å²) in [5.41, 5.74) is 0.892. The SMILES string of the molecule is CC(=O)O[C@H]1[C@H](OSC(C)(C)C)[C@@H](OSc2ccccc2)[C@H](O)O[C@@H]1COS(=O)(=O)c1ccc(C)cc1. The number of carbonyl (C=O) groups is 1. The molecule has 1 saturated heterocycles. The highest BCUT2D eigenvalue weighted by molar-refractivity contribution is 7.96. The standard InChI is InChI=1S/C25H32O9S3/c1-16-11-13-19(14-12-16)37(28,29)30-15-20-21(31-17(2)26)22(34-36-25(3,4)5)23(24(27)32-20)33-35-18-9-7-6-8-10-18/h6-14,20-24,27H,15H2,1-5H3/t20-,21-,22+,23-,24-/m1/s1. The van der Waals surface area contributed by atoms with E-state index in [4.69, 9.17) is 22.0 Å². The van der Waals surface area contributed by atoms with E-state index in [0.29, 0.717) is 0 Å². The Bertz CT molecular complexity index is 1120. The van der Waals surface area contributed by atoms with Crippen LogP contribution in [0.25, 0.3) is 0 Å². The van der Waals surface area contributed by atoms with E-state index >= 15 is 0 Å². The van der Waals surface area contributed by atoms with Gasteiger partial charge in [-0.05, 0) is 64.0 Å². The molecule has 0 aromatic heterocycles. The zero-order valence-corrected chi connectivity index (χ0v) is 23.7. The van der Waals surface area contributed by atoms with E-state index in [0.717, 1.165) is 34.5 Å². The van der Waals surface area contributed by atoms with Crippen molar-refractivity contribution < 1.29 is 40.3 Å². The smallest absolute Gasteiger partial charge is 0.303 e. The Hall–Kier alpha value is -1.64. The first-order valence-electron chi connectivity index (χ1n) is 11.6. The molecule has 0 radical (unpaired) electrons. The molecule has 1 fully saturated rings. The summed E-state index contributed by atoms with van der Waals surface area (Å²) in [4.78, 5) is 12.8. The number of ether oxygens (including phenoxy) is 2. The van der Waals surface area contributed by atoms with Crippen LogP contribution in [-0.2, 0) is 36.9 Å². The van der Waals surface area contributed by atoms with E-state index in [1.165, 1.54) is 19.1 Å². The quantitative estimate of drug-likeness (QED) is 0.250. The lowest BCUT2D eigenvalue weighted by molar-refractivity contribution is -0.274. The Morgan fingerprint density at radius 3 is 2.24 bits per heavy atom. The fraction of sp³-hybridized carbons (Fsp3) is 0.480. The molecule has 1 heterocycles. The number of aryl methyl sites for hydroxylation is 1. The van der Waals surface area contributed by atoms with Crippen molar-refractivity contribution in [2.24, 2.45) is 0 Å². The van der Waals surface area contributed by atoms with Gasteiger partial charge in [-0.2, -0.15) is 8.42 Å². The van der Waals surface area contributed by atoms with E-state index < -0.39 is 53.4 Å². The summed E-state index contributed by atoms with van der Waals surface area (Å²) < 4.78 is 53.5. The Kier molecular flexibility index (Phi) is 10.5. The normalized spacial score (nSPS) is 24.5. The van der Waals surface area contributed by atoms with Gasteiger partial charge < -0.3 is 18.8 Å². The Morgan fingerprint density at radius 1 is 1.00 bits per heavy atom. The second-order valence-corrected chi connectivity index (χ2v) is 13.4. The monoisotopic (exact) mass is 572 g/mol. The number of carbonyl (C=O) groups excluding carboxylic acids is 1. The maximum absolute atomic E-state index is 12.7. The van der Waals surface area contributed by atoms with Crippen molar-refractivity contribution in [3.05, 3.63) is 60.2 Å². The molecule has 2 aromatic rings. The number of rotatable bonds is 10. The van der Waals surface area contributed by atoms with Crippen molar-refractivity contribution in [2.45, 2.75) is 79.9 Å². The third-order valence-electron chi connectivity index (χ3n) is 5.02. The van der Waals surface area contributed by atoms with Gasteiger partial charge in [0.15, 0.2) is 18.5 Å². The van der Waals surface area contributed by atoms with Crippen molar-refractivity contribution in [3.63, 3.8) is 0 Å². The maximum atomic E-state index is 12.7. The number of aliphatic hydroxyl groups excluding tert-OH is 1. The van der Waals surface area contributed by atoms with Gasteiger partial charge in [0.05, 0.1) is 11.5 Å². The molecular formula is C25H32O9S3. The summed E-state index contributed by atoms with van der Waals surface area (Å²) in [6.07, 6.45) is -5.90. The average molecular weight is 573 g/mol. The molecule has 12 heteroatoms. The van der Waals surface area contributed by atoms with Crippen LogP contribution in [0.1, 0.15) is 33.3 Å². The van der Waals surface area contributed by atoms with Crippen molar-refractivity contribution in [3.8, 4) is 0 Å². The number of hydrogen-bond acceptors (Lipinski definition) is 11. The second kappa shape index (κ2) is 12.9. The van der Waals surface area contributed by atoms with Crippen LogP contribution in [0.15, 0.2) is 64.4 Å². The summed E-state index contributed by atoms with van der Waals surface area (Å²) in [6.45, 7) is 8.31. The summed E-state index contributed by atoms with van der Waals surface area (Å²) in [5, 5.41) is 10.9. The Labute approximate surface area is 226 Å². The van der Waals surface area contributed by atoms with Crippen molar-refractivity contribution in [1.29, 1.82) is 0 Å². The van der Waals surface area contributed by atoms with Crippen LogP contribution in [0.2, 0.25) is 0 Å². The summed E-state index contributed by atoms with van der Waals surface area (Å²) in [6, 6.07) is 15.4. The molecular weight excluding hydrogens is 540 g/mol. The van der Waals surface area contributed by atoms with Gasteiger partial charge in [-0.3, -0.25) is 13.2 Å². The third-order valence-corrected chi connectivity index (χ3v) is 7.91. The lowest BCUT2D eigenvalue weighted by atomic mass is 9.99. The van der Waals surface area contributed by atoms with Gasteiger partial charge in [0, 0.05) is 28.6 Å². The zero-order chi connectivity index (χ0) is 27.2. The molecule has 204 valence electrons. The minimum absolute atomic E-state index is 0.0324. The van der Waals surface area contributed by atoms with Gasteiger partial charge in [0.25, 0.3) is 10.1 Å². The van der Waals surface area contributed by atoms with Crippen LogP contribution in [0, 0.1) is 6.92 Å². The molecule has 0 bridgehead atoms. The predicted octanol–water partition coefficient (Wildman–Crippen LogP) is 4.27. The van der Waals surface area contributed by atoms with Gasteiger partial charge in [-0.25, -0.2) is 0 Å². The molecule has 9 nitrogen and oxygen atoms in total. The lowest BCUT2D eigenvalue weighted by Gasteiger charge is -2.43. The molecule has 0 spiro atoms. The summed E-state index contributed by atoms with van der Waals surface area (Å²) in [5.74, 6) is -0.639. The van der Waals surface area contributed by atoms with E-state index in [1.54, 1.807) is 12.1 Å². The number of benzene rings is 2. The molecule has 1 N–H and O–H groups in total. The Balaban J connectivity index is 1.83. The fourth-order valence-corrected chi connectivity index (χ4v) is 5.52. The molecule has 0 aliphatic carbocycles. The van der Waals surface area contributed by atoms with Gasteiger partial charge in [-0.15, -0.1) is 0 Å². The van der Waals surface area contributed by atoms with Crippen LogP contribution in [0.4, 0.5) is 0 Å². The van der Waals surface area contributed by atoms with Gasteiger partial charge in [0.2, 0.25) is 0 Å². The van der Waals surface area contributed by atoms with Crippen molar-refractivity contribution >= 4 is 40.2 Å². The molecule has 2 aromatic carbocycles. The number of hydrogen-bond donors (Lipinski definition) is 1. The van der Waals surface area contributed by atoms with Crippen LogP contribution >= 0.6 is 24.1 Å². The van der Waals surface area contributed by atoms with Gasteiger partial charge in [0.1, 0.15) is 12.2 Å². The van der Waals surface area contributed by atoms with E-state index in [9.17, 15) is 18.3 Å². The van der Waals surface area contributed by atoms with Crippen molar-refractivity contribution in [2.75, 3.05) is 6.61 Å². The zero-order valence-electron chi connectivity index (χ0n) is 21.2. The van der Waals surface area contributed by atoms with E-state index in [2.05, 4.69) is 0 Å². The molecule has 1 aliphatic rings. The molecule has 0 amide bonds. The summed E-state index contributed by atoms with van der Waals surface area (Å²) in [7, 11) is -4.14. The highest BCUT2D eigenvalue weighted by Gasteiger charge is 2.50. The first-order valence-corrected chi connectivity index (χ1v) is 14.4. The van der Waals surface area contributed by atoms with Gasteiger partial charge >= 0.3 is 5.97 Å². The third kappa shape index (κ3) is 8.96. The van der Waals surface area contributed by atoms with Crippen LogP contribution < -0.4 is 0 Å². The van der Waals surface area contributed by atoms with Crippen LogP contribution in [0.3, 0.4) is 0 Å². The average Bonchev–Trinajstić information content (AvgIpc) is 2.82. The highest BCUT2D eigenvalue weighted by atomic mass is 32.2. The van der Waals surface area contributed by atoms with Crippen molar-refractivity contribution in [1.82, 2.24) is 0 Å². The maximum Gasteiger partial charge on any atom is 0.303 e. The fourth-order valence-electron chi connectivity index (χ4n) is 3.29. The first-order chi connectivity index (χ1) is 17.4. The largest absolute Gasteiger partial charge is 0.457 e. The molecule has 0 saturated carbocycles. The van der Waals surface area contributed by atoms with E-state index in [1.807, 2.05) is 58.0 Å². The molecule has 0 unspecified atom stereocenters. The Morgan fingerprint density at radius 2 is 1.65 bits per heavy atom.